The summed E-state index contributed by atoms with van der Waals surface area (Å²) in [5, 5.41) is 12.8. The second-order valence-corrected chi connectivity index (χ2v) is 4.90. The fourth-order valence-corrected chi connectivity index (χ4v) is 2.35. The van der Waals surface area contributed by atoms with Crippen molar-refractivity contribution < 1.29 is 4.79 Å². The zero-order valence-electron chi connectivity index (χ0n) is 10.4. The summed E-state index contributed by atoms with van der Waals surface area (Å²) in [4.78, 5) is 13.1. The quantitative estimate of drug-likeness (QED) is 0.854. The number of carbonyl (C=O) groups excluding carboxylic acids is 1. The first-order valence-electron chi connectivity index (χ1n) is 6.04. The first-order valence-corrected chi connectivity index (χ1v) is 6.42. The number of piperazine rings is 1. The van der Waals surface area contributed by atoms with Crippen LogP contribution < -0.4 is 11.1 Å². The van der Waals surface area contributed by atoms with E-state index in [1.165, 1.54) is 0 Å². The highest BCUT2D eigenvalue weighted by atomic mass is 35.5. The van der Waals surface area contributed by atoms with E-state index in [1.54, 1.807) is 18.2 Å². The van der Waals surface area contributed by atoms with Crippen molar-refractivity contribution in [2.24, 2.45) is 5.73 Å². The van der Waals surface area contributed by atoms with Crippen molar-refractivity contribution in [1.82, 2.24) is 10.2 Å². The second-order valence-electron chi connectivity index (χ2n) is 4.49. The molecule has 5 nitrogen and oxygen atoms in total. The summed E-state index contributed by atoms with van der Waals surface area (Å²) >= 11 is 6.15. The number of halogens is 1. The van der Waals surface area contributed by atoms with Crippen LogP contribution in [0.1, 0.15) is 15.9 Å². The minimum absolute atomic E-state index is 0.152. The molecule has 2 rings (SSSR count). The molecule has 19 heavy (non-hydrogen) atoms. The van der Waals surface area contributed by atoms with Gasteiger partial charge in [0, 0.05) is 36.8 Å². The summed E-state index contributed by atoms with van der Waals surface area (Å²) in [5.74, 6) is -0.495. The fourth-order valence-electron chi connectivity index (χ4n) is 2.11. The molecule has 1 saturated heterocycles. The van der Waals surface area contributed by atoms with Gasteiger partial charge in [-0.25, -0.2) is 0 Å². The summed E-state index contributed by atoms with van der Waals surface area (Å²) in [6, 6.07) is 7.14. The van der Waals surface area contributed by atoms with E-state index in [-0.39, 0.29) is 6.04 Å². The minimum Gasteiger partial charge on any atom is -0.366 e. The van der Waals surface area contributed by atoms with Gasteiger partial charge in [0.25, 0.3) is 0 Å². The van der Waals surface area contributed by atoms with Crippen LogP contribution in [0.4, 0.5) is 0 Å². The zero-order valence-corrected chi connectivity index (χ0v) is 11.2. The van der Waals surface area contributed by atoms with Gasteiger partial charge in [-0.3, -0.25) is 9.69 Å². The molecule has 1 aliphatic heterocycles. The molecule has 1 aliphatic rings. The number of rotatable bonds is 3. The van der Waals surface area contributed by atoms with Crippen molar-refractivity contribution in [3.8, 4) is 6.07 Å². The summed E-state index contributed by atoms with van der Waals surface area (Å²) in [7, 11) is 0. The first-order chi connectivity index (χ1) is 9.11. The van der Waals surface area contributed by atoms with Gasteiger partial charge in [-0.05, 0) is 17.7 Å². The Kier molecular flexibility index (Phi) is 4.38. The van der Waals surface area contributed by atoms with Gasteiger partial charge in [0.15, 0.2) is 0 Å². The highest BCUT2D eigenvalue weighted by molar-refractivity contribution is 6.31. The van der Waals surface area contributed by atoms with Crippen LogP contribution >= 0.6 is 11.6 Å². The molecular weight excluding hydrogens is 264 g/mol. The Morgan fingerprint density at radius 2 is 2.42 bits per heavy atom. The van der Waals surface area contributed by atoms with Crippen molar-refractivity contribution in [3.05, 3.63) is 34.3 Å². The van der Waals surface area contributed by atoms with E-state index in [4.69, 9.17) is 22.6 Å². The maximum absolute atomic E-state index is 11.1. The minimum atomic E-state index is -0.495. The predicted molar refractivity (Wildman–Crippen MR) is 72.7 cm³/mol. The van der Waals surface area contributed by atoms with E-state index in [9.17, 15) is 4.79 Å². The van der Waals surface area contributed by atoms with Crippen LogP contribution in [0.3, 0.4) is 0 Å². The summed E-state index contributed by atoms with van der Waals surface area (Å²) in [5.41, 5.74) is 6.49. The van der Waals surface area contributed by atoms with E-state index < -0.39 is 5.91 Å². The van der Waals surface area contributed by atoms with Crippen LogP contribution in [0, 0.1) is 11.3 Å². The Morgan fingerprint density at radius 1 is 1.63 bits per heavy atom. The Morgan fingerprint density at radius 3 is 3.05 bits per heavy atom. The number of amides is 1. The molecule has 1 amide bonds. The molecule has 1 aromatic rings. The van der Waals surface area contributed by atoms with E-state index in [1.807, 2.05) is 0 Å². The van der Waals surface area contributed by atoms with Crippen LogP contribution in [0.15, 0.2) is 18.2 Å². The molecule has 1 fully saturated rings. The molecule has 0 aromatic heterocycles. The molecule has 3 N–H and O–H groups in total. The lowest BCUT2D eigenvalue weighted by molar-refractivity contribution is 0.100. The highest BCUT2D eigenvalue weighted by Crippen LogP contribution is 2.20. The van der Waals surface area contributed by atoms with Crippen molar-refractivity contribution in [3.63, 3.8) is 0 Å². The number of hydrogen-bond donors (Lipinski definition) is 2. The molecule has 1 unspecified atom stereocenters. The molecular formula is C13H15ClN4O. The first kappa shape index (κ1) is 13.8. The van der Waals surface area contributed by atoms with E-state index in [2.05, 4.69) is 16.3 Å². The number of nitrogens with two attached hydrogens (primary N) is 1. The highest BCUT2D eigenvalue weighted by Gasteiger charge is 2.22. The standard InChI is InChI=1S/C13H15ClN4O/c14-12-5-9(13(16)19)1-2-10(12)8-18-4-3-17-7-11(18)6-15/h1-2,5,11,17H,3-4,7-8H2,(H2,16,19). The molecule has 0 radical (unpaired) electrons. The third-order valence-corrected chi connectivity index (χ3v) is 3.57. The van der Waals surface area contributed by atoms with Crippen LogP contribution in [0.5, 0.6) is 0 Å². The molecule has 1 aromatic carbocycles. The normalized spacial score (nSPS) is 19.9. The summed E-state index contributed by atoms with van der Waals surface area (Å²) < 4.78 is 0. The number of hydrogen-bond acceptors (Lipinski definition) is 4. The number of nitrogens with zero attached hydrogens (tertiary/aromatic N) is 2. The third kappa shape index (κ3) is 3.24. The summed E-state index contributed by atoms with van der Waals surface area (Å²) in [6.45, 7) is 2.91. The second kappa shape index (κ2) is 6.02. The summed E-state index contributed by atoms with van der Waals surface area (Å²) in [6.07, 6.45) is 0. The van der Waals surface area contributed by atoms with Crippen LogP contribution in [-0.4, -0.2) is 36.5 Å². The molecule has 0 aliphatic carbocycles. The average Bonchev–Trinajstić information content (AvgIpc) is 2.41. The monoisotopic (exact) mass is 278 g/mol. The van der Waals surface area contributed by atoms with Crippen molar-refractivity contribution in [2.45, 2.75) is 12.6 Å². The molecule has 6 heteroatoms. The van der Waals surface area contributed by atoms with Gasteiger partial charge in [-0.15, -0.1) is 0 Å². The van der Waals surface area contributed by atoms with Crippen molar-refractivity contribution >= 4 is 17.5 Å². The van der Waals surface area contributed by atoms with E-state index >= 15 is 0 Å². The smallest absolute Gasteiger partial charge is 0.248 e. The fraction of sp³-hybridized carbons (Fsp3) is 0.385. The Hall–Kier alpha value is -1.61. The molecule has 0 bridgehead atoms. The number of carbonyl (C=O) groups is 1. The number of nitrogens with one attached hydrogen (secondary N) is 1. The largest absolute Gasteiger partial charge is 0.366 e. The number of primary amides is 1. The third-order valence-electron chi connectivity index (χ3n) is 3.21. The number of benzene rings is 1. The molecule has 0 spiro atoms. The maximum atomic E-state index is 11.1. The maximum Gasteiger partial charge on any atom is 0.248 e. The van der Waals surface area contributed by atoms with Gasteiger partial charge in [0.05, 0.1) is 6.07 Å². The Labute approximate surface area is 116 Å². The lowest BCUT2D eigenvalue weighted by Gasteiger charge is -2.32. The van der Waals surface area contributed by atoms with Gasteiger partial charge in [-0.1, -0.05) is 17.7 Å². The van der Waals surface area contributed by atoms with Gasteiger partial charge in [0.1, 0.15) is 6.04 Å². The molecule has 1 heterocycles. The van der Waals surface area contributed by atoms with Crippen LogP contribution in [0.25, 0.3) is 0 Å². The van der Waals surface area contributed by atoms with E-state index in [0.29, 0.717) is 23.7 Å². The lowest BCUT2D eigenvalue weighted by Crippen LogP contribution is -2.50. The molecule has 100 valence electrons. The SMILES string of the molecule is N#CC1CNCCN1Cc1ccc(C(N)=O)cc1Cl. The Balaban J connectivity index is 2.14. The van der Waals surface area contributed by atoms with Gasteiger partial charge in [0.2, 0.25) is 5.91 Å². The van der Waals surface area contributed by atoms with Crippen molar-refractivity contribution in [2.75, 3.05) is 19.6 Å². The predicted octanol–water partition coefficient (Wildman–Crippen LogP) is 0.736. The van der Waals surface area contributed by atoms with Crippen LogP contribution in [-0.2, 0) is 6.54 Å². The van der Waals surface area contributed by atoms with E-state index in [0.717, 1.165) is 18.7 Å². The van der Waals surface area contributed by atoms with Gasteiger partial charge in [-0.2, -0.15) is 5.26 Å². The average molecular weight is 279 g/mol. The molecule has 0 saturated carbocycles. The van der Waals surface area contributed by atoms with Crippen LogP contribution in [0.2, 0.25) is 5.02 Å². The lowest BCUT2D eigenvalue weighted by atomic mass is 10.1. The topological polar surface area (TPSA) is 82.2 Å². The van der Waals surface area contributed by atoms with Crippen molar-refractivity contribution in [1.29, 1.82) is 5.26 Å². The zero-order chi connectivity index (χ0) is 13.8. The van der Waals surface area contributed by atoms with Gasteiger partial charge >= 0.3 is 0 Å². The van der Waals surface area contributed by atoms with Gasteiger partial charge < -0.3 is 11.1 Å². The molecule has 1 atom stereocenters. The number of nitriles is 1. The Bertz CT molecular complexity index is 526.